The Labute approximate surface area is 342 Å². The van der Waals surface area contributed by atoms with E-state index in [0.29, 0.717) is 5.41 Å². The molecule has 4 unspecified atom stereocenters. The third-order valence-electron chi connectivity index (χ3n) is 9.32. The second kappa shape index (κ2) is 35.6. The van der Waals surface area contributed by atoms with Crippen LogP contribution in [-0.2, 0) is 17.7 Å². The van der Waals surface area contributed by atoms with Crippen LogP contribution in [0.5, 0.6) is 0 Å². The monoisotopic (exact) mass is 881 g/mol. The first-order valence-corrected chi connectivity index (χ1v) is 23.9. The van der Waals surface area contributed by atoms with Gasteiger partial charge in [-0.1, -0.05) is 112 Å². The van der Waals surface area contributed by atoms with Crippen molar-refractivity contribution in [2.45, 2.75) is 152 Å². The van der Waals surface area contributed by atoms with Crippen molar-refractivity contribution in [3.63, 3.8) is 0 Å². The Morgan fingerprint density at radius 3 is 1.98 bits per heavy atom. The molecule has 0 saturated heterocycles. The van der Waals surface area contributed by atoms with Gasteiger partial charge >= 0.3 is 16.8 Å². The summed E-state index contributed by atoms with van der Waals surface area (Å²) >= 11 is 0. The first-order valence-electron chi connectivity index (χ1n) is 18.9. The van der Waals surface area contributed by atoms with Gasteiger partial charge in [-0.3, -0.25) is 0 Å². The summed E-state index contributed by atoms with van der Waals surface area (Å²) in [6.45, 7) is 17.7. The molecule has 1 aliphatic rings. The number of phosphoric acid groups is 1. The Kier molecular flexibility index (Phi) is 39.7. The third kappa shape index (κ3) is 39.3. The summed E-state index contributed by atoms with van der Waals surface area (Å²) in [5, 5.41) is 0. The molecular weight excluding hydrogens is 804 g/mol. The first-order chi connectivity index (χ1) is 24.7. The topological polar surface area (TPSA) is 277 Å². The SMILES string of the molecule is C/C(=C\CO[P+](O)(O)OPO)CCC1CCCCC(C)(C)CCCC1C.CC(C)=CCC/C=C/CC/C(C)=C/CC/C(C)=C/COP(O)O[P+]([O-])([O-])O.O.O.[OH-]. The zero-order chi connectivity index (χ0) is 40.3. The van der Waals surface area contributed by atoms with Gasteiger partial charge in [0.15, 0.2) is 0 Å². The fraction of sp³-hybridized carbons (Fsp3) is 0.737. The molecule has 334 valence electrons. The van der Waals surface area contributed by atoms with E-state index in [1.165, 1.54) is 68.1 Å². The summed E-state index contributed by atoms with van der Waals surface area (Å²) in [5.74, 6) is 1.53. The van der Waals surface area contributed by atoms with Gasteiger partial charge in [0.2, 0.25) is 17.2 Å². The smallest absolute Gasteiger partial charge is 0.575 e. The Morgan fingerprint density at radius 1 is 0.786 bits per heavy atom. The van der Waals surface area contributed by atoms with Crippen LogP contribution in [0.25, 0.3) is 0 Å². The van der Waals surface area contributed by atoms with Crippen LogP contribution in [0.2, 0.25) is 0 Å². The van der Waals surface area contributed by atoms with Crippen LogP contribution in [0.1, 0.15) is 152 Å². The number of rotatable bonds is 22. The maximum Gasteiger partial charge on any atom is 0.575 e. The lowest BCUT2D eigenvalue weighted by Crippen LogP contribution is -2.22. The molecule has 56 heavy (non-hydrogen) atoms. The van der Waals surface area contributed by atoms with E-state index in [1.807, 2.05) is 13.0 Å². The molecule has 0 heterocycles. The lowest BCUT2D eigenvalue weighted by atomic mass is 9.75. The van der Waals surface area contributed by atoms with Crippen LogP contribution in [0, 0.1) is 17.3 Å². The van der Waals surface area contributed by atoms with Crippen molar-refractivity contribution < 1.29 is 68.4 Å². The average molecular weight is 882 g/mol. The van der Waals surface area contributed by atoms with Crippen LogP contribution in [0.4, 0.5) is 0 Å². The van der Waals surface area contributed by atoms with Gasteiger partial charge in [-0.25, -0.2) is 4.89 Å². The van der Waals surface area contributed by atoms with Crippen LogP contribution >= 0.6 is 34.0 Å². The molecule has 0 aromatic rings. The van der Waals surface area contributed by atoms with E-state index in [1.54, 1.807) is 6.08 Å². The van der Waals surface area contributed by atoms with Gasteiger partial charge in [-0.2, -0.15) is 9.79 Å². The maximum absolute atomic E-state index is 10.4. The molecule has 0 aromatic heterocycles. The van der Waals surface area contributed by atoms with Crippen LogP contribution in [-0.4, -0.2) is 54.1 Å². The van der Waals surface area contributed by atoms with E-state index in [0.717, 1.165) is 62.4 Å². The molecule has 0 aromatic carbocycles. The van der Waals surface area contributed by atoms with Crippen LogP contribution in [0.3, 0.4) is 0 Å². The number of allylic oxidation sites excluding steroid dienone is 8. The van der Waals surface area contributed by atoms with Crippen molar-refractivity contribution in [3.8, 4) is 0 Å². The van der Waals surface area contributed by atoms with Crippen molar-refractivity contribution in [1.82, 2.24) is 0 Å². The number of hydrogen-bond donors (Lipinski definition) is 5. The summed E-state index contributed by atoms with van der Waals surface area (Å²) in [7, 11) is -12.5. The highest BCUT2D eigenvalue weighted by atomic mass is 31.3. The average Bonchev–Trinajstić information content (AvgIpc) is 3.02. The first kappa shape index (κ1) is 62.5. The number of hydrogen-bond acceptors (Lipinski definition) is 12. The summed E-state index contributed by atoms with van der Waals surface area (Å²) in [4.78, 5) is 65.8. The molecule has 18 heteroatoms. The standard InChI is InChI=1S/C19H34O6P2.C19H39O5P2.3H2O/c1-17(2)11-8-6-5-7-9-12-18(3)13-10-14-19(4)15-16-24-26(20)25-27(21,22)23;1-16(12-15-23-26(21,22)24-25-20)10-11-18-9-5-6-13-19(3,4)14-7-8-17(18)2;;;/h5,7,11,13,15,20H,6,8-10,12,14,16H2,1-4H3,(H2,21,22,23);12,17-18,20-22,25H,5-11,13-15H2,1-4H3;3*1H2/q;+1;;;/p-2/b7-5+,18-13+,19-15+;16-12+;;;. The summed E-state index contributed by atoms with van der Waals surface area (Å²) in [6.07, 6.45) is 30.1. The molecule has 1 saturated carbocycles. The Morgan fingerprint density at radius 2 is 1.36 bits per heavy atom. The zero-order valence-corrected chi connectivity index (χ0v) is 38.8. The van der Waals surface area contributed by atoms with E-state index in [-0.39, 0.29) is 29.6 Å². The van der Waals surface area contributed by atoms with E-state index >= 15 is 0 Å². The highest BCUT2D eigenvalue weighted by molar-refractivity contribution is 7.60. The molecule has 1 aliphatic carbocycles. The lowest BCUT2D eigenvalue weighted by molar-refractivity contribution is -0.353. The zero-order valence-electron chi connectivity index (χ0n) is 35.1. The van der Waals surface area contributed by atoms with E-state index in [4.69, 9.17) is 23.7 Å². The molecule has 0 amide bonds. The maximum atomic E-state index is 10.4. The van der Waals surface area contributed by atoms with Gasteiger partial charge in [0.25, 0.3) is 0 Å². The normalized spacial score (nSPS) is 19.3. The highest BCUT2D eigenvalue weighted by Gasteiger charge is 2.39. The minimum atomic E-state index is -4.97. The van der Waals surface area contributed by atoms with Gasteiger partial charge in [-0.05, 0) is 116 Å². The Balaban J connectivity index is -0.000000458. The van der Waals surface area contributed by atoms with Gasteiger partial charge in [0.05, 0.1) is 6.61 Å². The van der Waals surface area contributed by atoms with Crippen molar-refractivity contribution in [1.29, 1.82) is 0 Å². The molecule has 0 radical (unpaired) electrons. The molecule has 1 fully saturated rings. The summed E-state index contributed by atoms with van der Waals surface area (Å²) in [6, 6.07) is 0. The van der Waals surface area contributed by atoms with E-state index in [2.05, 4.69) is 81.4 Å². The van der Waals surface area contributed by atoms with Crippen molar-refractivity contribution in [3.05, 3.63) is 58.7 Å². The van der Waals surface area contributed by atoms with Crippen molar-refractivity contribution >= 4 is 34.0 Å². The minimum Gasteiger partial charge on any atom is -0.870 e. The minimum absolute atomic E-state index is 0. The molecule has 10 N–H and O–H groups in total. The molecule has 0 aliphatic heterocycles. The predicted octanol–water partition coefficient (Wildman–Crippen LogP) is 8.49. The van der Waals surface area contributed by atoms with Crippen LogP contribution < -0.4 is 9.79 Å². The summed E-state index contributed by atoms with van der Waals surface area (Å²) < 4.78 is 18.0. The lowest BCUT2D eigenvalue weighted by Gasteiger charge is -2.30. The van der Waals surface area contributed by atoms with Crippen molar-refractivity contribution in [2.24, 2.45) is 17.3 Å². The fourth-order valence-electron chi connectivity index (χ4n) is 5.98. The van der Waals surface area contributed by atoms with E-state index in [9.17, 15) is 19.6 Å². The Hall–Kier alpha value is -0.140. The van der Waals surface area contributed by atoms with Gasteiger partial charge in [0.1, 0.15) is 6.61 Å². The van der Waals surface area contributed by atoms with Gasteiger partial charge in [0, 0.05) is 0 Å². The molecule has 4 atom stereocenters. The van der Waals surface area contributed by atoms with E-state index < -0.39 is 34.0 Å². The largest absolute Gasteiger partial charge is 0.870 e. The quantitative estimate of drug-likeness (QED) is 0.0389. The second-order valence-corrected chi connectivity index (χ2v) is 19.7. The molecule has 1 rings (SSSR count). The highest BCUT2D eigenvalue weighted by Crippen LogP contribution is 2.56. The molecule has 0 bridgehead atoms. The fourth-order valence-corrected chi connectivity index (χ4v) is 7.98. The molecule has 0 spiro atoms. The molecular formula is C38H77O14P4-. The predicted molar refractivity (Wildman–Crippen MR) is 229 cm³/mol. The second-order valence-electron chi connectivity index (χ2n) is 15.2. The van der Waals surface area contributed by atoms with Gasteiger partial charge in [-0.15, -0.1) is 13.1 Å². The third-order valence-corrected chi connectivity index (χ3v) is 12.8. The Bertz CT molecular complexity index is 1120. The summed E-state index contributed by atoms with van der Waals surface area (Å²) in [5.41, 5.74) is 5.48. The van der Waals surface area contributed by atoms with Crippen molar-refractivity contribution in [2.75, 3.05) is 13.2 Å². The number of unbranched alkanes of at least 4 members (excludes halogenated alkanes) is 1. The van der Waals surface area contributed by atoms with Crippen LogP contribution in [0.15, 0.2) is 58.7 Å². The molecule has 14 nitrogen and oxygen atoms in total. The van der Waals surface area contributed by atoms with Gasteiger partial charge < -0.3 is 40.5 Å².